The molecule has 2 rings (SSSR count). The molecule has 2 aromatic rings. The predicted octanol–water partition coefficient (Wildman–Crippen LogP) is 2.94. The maximum Gasteiger partial charge on any atom is 0.240 e. The number of anilines is 1. The lowest BCUT2D eigenvalue weighted by molar-refractivity contribution is -0.123. The Kier molecular flexibility index (Phi) is 5.63. The molecule has 0 saturated heterocycles. The number of rotatable bonds is 5. The quantitative estimate of drug-likeness (QED) is 0.915. The second-order valence-electron chi connectivity index (χ2n) is 5.47. The van der Waals surface area contributed by atoms with Crippen LogP contribution in [0.15, 0.2) is 42.5 Å². The van der Waals surface area contributed by atoms with E-state index in [1.54, 1.807) is 0 Å². The highest BCUT2D eigenvalue weighted by Crippen LogP contribution is 2.18. The van der Waals surface area contributed by atoms with Crippen LogP contribution in [0.5, 0.6) is 0 Å². The zero-order valence-corrected chi connectivity index (χ0v) is 13.5. The normalized spacial score (nSPS) is 10.3. The lowest BCUT2D eigenvalue weighted by atomic mass is 10.1. The van der Waals surface area contributed by atoms with Gasteiger partial charge in [0.05, 0.1) is 0 Å². The highest BCUT2D eigenvalue weighted by Gasteiger charge is 2.17. The molecule has 0 heterocycles. The smallest absolute Gasteiger partial charge is 0.240 e. The SMILES string of the molecule is CC(=O)N(CC(=O)NCc1cccc(C)c1)c1ccc(F)c(F)c1. The van der Waals surface area contributed by atoms with E-state index in [2.05, 4.69) is 5.32 Å². The van der Waals surface area contributed by atoms with Gasteiger partial charge >= 0.3 is 0 Å². The van der Waals surface area contributed by atoms with Gasteiger partial charge in [0.15, 0.2) is 11.6 Å². The van der Waals surface area contributed by atoms with Crippen LogP contribution in [0, 0.1) is 18.6 Å². The van der Waals surface area contributed by atoms with Crippen LogP contribution in [0.3, 0.4) is 0 Å². The average molecular weight is 332 g/mol. The zero-order valence-electron chi connectivity index (χ0n) is 13.5. The molecule has 2 amide bonds. The minimum absolute atomic E-state index is 0.132. The molecule has 0 fully saturated rings. The van der Waals surface area contributed by atoms with Crippen molar-refractivity contribution in [1.82, 2.24) is 5.32 Å². The number of hydrogen-bond acceptors (Lipinski definition) is 2. The summed E-state index contributed by atoms with van der Waals surface area (Å²) in [5.74, 6) is -2.91. The number of nitrogens with one attached hydrogen (secondary N) is 1. The summed E-state index contributed by atoms with van der Waals surface area (Å²) in [7, 11) is 0. The molecule has 0 saturated carbocycles. The molecule has 126 valence electrons. The molecule has 0 aliphatic carbocycles. The van der Waals surface area contributed by atoms with Crippen LogP contribution in [-0.2, 0) is 16.1 Å². The topological polar surface area (TPSA) is 49.4 Å². The number of carbonyl (C=O) groups excluding carboxylic acids is 2. The van der Waals surface area contributed by atoms with Crippen molar-refractivity contribution >= 4 is 17.5 Å². The molecule has 2 aromatic carbocycles. The number of halogens is 2. The fourth-order valence-corrected chi connectivity index (χ4v) is 2.26. The summed E-state index contributed by atoms with van der Waals surface area (Å²) >= 11 is 0. The van der Waals surface area contributed by atoms with Crippen LogP contribution < -0.4 is 10.2 Å². The van der Waals surface area contributed by atoms with E-state index >= 15 is 0 Å². The van der Waals surface area contributed by atoms with Gasteiger partial charge in [-0.25, -0.2) is 8.78 Å². The van der Waals surface area contributed by atoms with Gasteiger partial charge in [-0.15, -0.1) is 0 Å². The molecule has 6 heteroatoms. The van der Waals surface area contributed by atoms with E-state index in [0.717, 1.165) is 28.2 Å². The average Bonchev–Trinajstić information content (AvgIpc) is 2.53. The van der Waals surface area contributed by atoms with E-state index in [0.29, 0.717) is 6.54 Å². The van der Waals surface area contributed by atoms with Gasteiger partial charge < -0.3 is 10.2 Å². The first-order chi connectivity index (χ1) is 11.4. The Balaban J connectivity index is 2.03. The Morgan fingerprint density at radius 2 is 1.83 bits per heavy atom. The van der Waals surface area contributed by atoms with Crippen molar-refractivity contribution in [2.24, 2.45) is 0 Å². The first-order valence-electron chi connectivity index (χ1n) is 7.42. The van der Waals surface area contributed by atoms with Gasteiger partial charge in [0, 0.05) is 25.2 Å². The number of carbonyl (C=O) groups is 2. The molecule has 0 atom stereocenters. The second-order valence-corrected chi connectivity index (χ2v) is 5.47. The number of benzene rings is 2. The Bertz CT molecular complexity index is 762. The molecule has 0 bridgehead atoms. The van der Waals surface area contributed by atoms with Gasteiger partial charge in [-0.05, 0) is 24.6 Å². The first kappa shape index (κ1) is 17.6. The number of nitrogens with zero attached hydrogens (tertiary/aromatic N) is 1. The Morgan fingerprint density at radius 3 is 2.46 bits per heavy atom. The highest BCUT2D eigenvalue weighted by molar-refractivity contribution is 5.97. The van der Waals surface area contributed by atoms with Gasteiger partial charge in [0.2, 0.25) is 11.8 Å². The first-order valence-corrected chi connectivity index (χ1v) is 7.42. The number of amides is 2. The predicted molar refractivity (Wildman–Crippen MR) is 87.4 cm³/mol. The summed E-state index contributed by atoms with van der Waals surface area (Å²) < 4.78 is 26.3. The van der Waals surface area contributed by atoms with Gasteiger partial charge in [0.25, 0.3) is 0 Å². The molecule has 0 unspecified atom stereocenters. The molecule has 0 radical (unpaired) electrons. The molecule has 0 spiro atoms. The molecule has 24 heavy (non-hydrogen) atoms. The largest absolute Gasteiger partial charge is 0.350 e. The van der Waals surface area contributed by atoms with Crippen LogP contribution in [0.4, 0.5) is 14.5 Å². The van der Waals surface area contributed by atoms with Crippen molar-refractivity contribution in [3.8, 4) is 0 Å². The van der Waals surface area contributed by atoms with E-state index < -0.39 is 23.4 Å². The van der Waals surface area contributed by atoms with Crippen molar-refractivity contribution < 1.29 is 18.4 Å². The summed E-state index contributed by atoms with van der Waals surface area (Å²) in [6.07, 6.45) is 0. The van der Waals surface area contributed by atoms with Crippen molar-refractivity contribution in [2.45, 2.75) is 20.4 Å². The van der Waals surface area contributed by atoms with Gasteiger partial charge in [-0.1, -0.05) is 29.8 Å². The lowest BCUT2D eigenvalue weighted by Crippen LogP contribution is -2.39. The Hall–Kier alpha value is -2.76. The molecule has 0 aromatic heterocycles. The summed E-state index contributed by atoms with van der Waals surface area (Å²) in [6, 6.07) is 10.7. The van der Waals surface area contributed by atoms with E-state index in [1.807, 2.05) is 31.2 Å². The third-order valence-corrected chi connectivity index (χ3v) is 3.47. The summed E-state index contributed by atoms with van der Waals surface area (Å²) in [6.45, 7) is 3.26. The van der Waals surface area contributed by atoms with Crippen molar-refractivity contribution in [3.63, 3.8) is 0 Å². The number of hydrogen-bond donors (Lipinski definition) is 1. The van der Waals surface area contributed by atoms with Crippen LogP contribution in [0.25, 0.3) is 0 Å². The molecular weight excluding hydrogens is 314 g/mol. The van der Waals surface area contributed by atoms with Crippen molar-refractivity contribution in [1.29, 1.82) is 0 Å². The second kappa shape index (κ2) is 7.68. The standard InChI is InChI=1S/C18H18F2N2O2/c1-12-4-3-5-14(8-12)10-21-18(24)11-22(13(2)23)15-6-7-16(19)17(20)9-15/h3-9H,10-11H2,1-2H3,(H,21,24). The zero-order chi connectivity index (χ0) is 17.7. The lowest BCUT2D eigenvalue weighted by Gasteiger charge is -2.21. The summed E-state index contributed by atoms with van der Waals surface area (Å²) in [5, 5.41) is 2.71. The molecular formula is C18H18F2N2O2. The van der Waals surface area contributed by atoms with Gasteiger partial charge in [0.1, 0.15) is 6.54 Å². The third kappa shape index (κ3) is 4.62. The molecule has 1 N–H and O–H groups in total. The van der Waals surface area contributed by atoms with E-state index in [4.69, 9.17) is 0 Å². The Morgan fingerprint density at radius 1 is 1.08 bits per heavy atom. The number of aryl methyl sites for hydroxylation is 1. The third-order valence-electron chi connectivity index (χ3n) is 3.47. The van der Waals surface area contributed by atoms with E-state index in [9.17, 15) is 18.4 Å². The molecule has 0 aliphatic heterocycles. The van der Waals surface area contributed by atoms with Crippen LogP contribution in [-0.4, -0.2) is 18.4 Å². The summed E-state index contributed by atoms with van der Waals surface area (Å²) in [4.78, 5) is 24.9. The van der Waals surface area contributed by atoms with E-state index in [1.165, 1.54) is 13.0 Å². The highest BCUT2D eigenvalue weighted by atomic mass is 19.2. The van der Waals surface area contributed by atoms with Crippen LogP contribution in [0.1, 0.15) is 18.1 Å². The van der Waals surface area contributed by atoms with Gasteiger partial charge in [-0.2, -0.15) is 0 Å². The maximum atomic E-state index is 13.3. The van der Waals surface area contributed by atoms with Crippen molar-refractivity contribution in [3.05, 3.63) is 65.2 Å². The van der Waals surface area contributed by atoms with Crippen LogP contribution in [0.2, 0.25) is 0 Å². The molecule has 4 nitrogen and oxygen atoms in total. The fourth-order valence-electron chi connectivity index (χ4n) is 2.26. The maximum absolute atomic E-state index is 13.3. The Labute approximate surface area is 139 Å². The van der Waals surface area contributed by atoms with E-state index in [-0.39, 0.29) is 12.2 Å². The van der Waals surface area contributed by atoms with Crippen LogP contribution >= 0.6 is 0 Å². The van der Waals surface area contributed by atoms with Crippen molar-refractivity contribution in [2.75, 3.05) is 11.4 Å². The molecule has 0 aliphatic rings. The minimum atomic E-state index is -1.07. The summed E-state index contributed by atoms with van der Waals surface area (Å²) in [5.41, 5.74) is 2.14. The minimum Gasteiger partial charge on any atom is -0.350 e. The fraction of sp³-hybridized carbons (Fsp3) is 0.222. The van der Waals surface area contributed by atoms with Gasteiger partial charge in [-0.3, -0.25) is 9.59 Å². The monoisotopic (exact) mass is 332 g/mol.